The lowest BCUT2D eigenvalue weighted by atomic mass is 9.90. The molecule has 3 heteroatoms. The van der Waals surface area contributed by atoms with E-state index in [-0.39, 0.29) is 5.82 Å². The van der Waals surface area contributed by atoms with Gasteiger partial charge in [0, 0.05) is 28.1 Å². The second kappa shape index (κ2) is 7.73. The van der Waals surface area contributed by atoms with Crippen LogP contribution in [0.5, 0.6) is 0 Å². The molecule has 0 spiro atoms. The molecule has 0 bridgehead atoms. The third kappa shape index (κ3) is 3.65. The topological polar surface area (TPSA) is 17.0 Å². The number of allylic oxidation sites excluding steroid dienone is 5. The fraction of sp³-hybridized carbons (Fsp3) is 0.214. The van der Waals surface area contributed by atoms with E-state index in [1.165, 1.54) is 24.5 Å². The average Bonchev–Trinajstić information content (AvgIpc) is 3.51. The number of hydrogen-bond donors (Lipinski definition) is 1. The lowest BCUT2D eigenvalue weighted by Gasteiger charge is -2.19. The molecule has 0 saturated heterocycles. The van der Waals surface area contributed by atoms with Crippen molar-refractivity contribution in [1.82, 2.24) is 9.88 Å². The summed E-state index contributed by atoms with van der Waals surface area (Å²) >= 11 is 0. The Morgan fingerprint density at radius 2 is 2.00 bits per heavy atom. The van der Waals surface area contributed by atoms with Gasteiger partial charge in [-0.25, -0.2) is 4.39 Å². The maximum Gasteiger partial charge on any atom is 0.128 e. The molecule has 1 N–H and O–H groups in total. The van der Waals surface area contributed by atoms with E-state index >= 15 is 0 Å². The zero-order valence-electron chi connectivity index (χ0n) is 17.9. The van der Waals surface area contributed by atoms with Gasteiger partial charge in [0.15, 0.2) is 0 Å². The second-order valence-corrected chi connectivity index (χ2v) is 8.64. The summed E-state index contributed by atoms with van der Waals surface area (Å²) in [7, 11) is 0. The van der Waals surface area contributed by atoms with Crippen molar-refractivity contribution in [3.05, 3.63) is 108 Å². The van der Waals surface area contributed by atoms with Crippen molar-refractivity contribution in [2.45, 2.75) is 38.8 Å². The highest BCUT2D eigenvalue weighted by Crippen LogP contribution is 2.41. The Labute approximate surface area is 183 Å². The number of aryl methyl sites for hydroxylation is 1. The van der Waals surface area contributed by atoms with E-state index in [2.05, 4.69) is 66.4 Å². The first-order valence-electron chi connectivity index (χ1n) is 10.9. The van der Waals surface area contributed by atoms with Gasteiger partial charge in [0.2, 0.25) is 0 Å². The van der Waals surface area contributed by atoms with E-state index in [9.17, 15) is 4.39 Å². The number of benzene rings is 2. The predicted molar refractivity (Wildman–Crippen MR) is 128 cm³/mol. The molecule has 0 amide bonds. The Hall–Kier alpha value is -3.33. The van der Waals surface area contributed by atoms with Gasteiger partial charge in [0.25, 0.3) is 0 Å². The molecular formula is C28H27FN2. The van der Waals surface area contributed by atoms with Crippen LogP contribution in [-0.2, 0) is 6.54 Å². The third-order valence-corrected chi connectivity index (χ3v) is 6.16. The smallest absolute Gasteiger partial charge is 0.128 e. The zero-order chi connectivity index (χ0) is 21.5. The monoisotopic (exact) mass is 410 g/mol. The van der Waals surface area contributed by atoms with Crippen molar-refractivity contribution >= 4 is 22.2 Å². The Morgan fingerprint density at radius 3 is 2.74 bits per heavy atom. The van der Waals surface area contributed by atoms with E-state index in [1.807, 2.05) is 12.1 Å². The quantitative estimate of drug-likeness (QED) is 0.475. The molecule has 0 radical (unpaired) electrons. The first-order chi connectivity index (χ1) is 15.0. The number of rotatable bonds is 6. The standard InChI is InChI=1S/C28H27FN2/c1-18-12-15-26-24(16-18)27(23-10-6-4-8-19(23)2)28(20(3)30-22-13-14-22)31(26)17-21-9-5-7-11-25(21)29/h4-7,9-12,15-16,22,30H,2-3,8,13-14,17H2,1H3. The molecule has 156 valence electrons. The maximum absolute atomic E-state index is 14.6. The summed E-state index contributed by atoms with van der Waals surface area (Å²) in [6, 6.07) is 14.0. The van der Waals surface area contributed by atoms with Crippen molar-refractivity contribution in [3.63, 3.8) is 0 Å². The number of halogens is 1. The Morgan fingerprint density at radius 1 is 1.19 bits per heavy atom. The van der Waals surface area contributed by atoms with E-state index in [0.717, 1.165) is 45.4 Å². The minimum Gasteiger partial charge on any atom is -0.381 e. The highest BCUT2D eigenvalue weighted by Gasteiger charge is 2.28. The van der Waals surface area contributed by atoms with Crippen LogP contribution in [0.15, 0.2) is 79.4 Å². The third-order valence-electron chi connectivity index (χ3n) is 6.16. The number of hydrogen-bond acceptors (Lipinski definition) is 1. The van der Waals surface area contributed by atoms with Crippen molar-refractivity contribution in [2.24, 2.45) is 0 Å². The van der Waals surface area contributed by atoms with Crippen LogP contribution in [0.2, 0.25) is 0 Å². The molecule has 1 aromatic heterocycles. The predicted octanol–water partition coefficient (Wildman–Crippen LogP) is 6.76. The van der Waals surface area contributed by atoms with Crippen LogP contribution in [0.4, 0.5) is 4.39 Å². The lowest BCUT2D eigenvalue weighted by Crippen LogP contribution is -2.18. The summed E-state index contributed by atoms with van der Waals surface area (Å²) < 4.78 is 16.8. The molecule has 2 aromatic carbocycles. The molecule has 0 aliphatic heterocycles. The van der Waals surface area contributed by atoms with Crippen LogP contribution in [0, 0.1) is 12.7 Å². The molecule has 3 aromatic rings. The van der Waals surface area contributed by atoms with Gasteiger partial charge in [0.1, 0.15) is 5.82 Å². The van der Waals surface area contributed by atoms with Crippen LogP contribution in [-0.4, -0.2) is 10.6 Å². The summed E-state index contributed by atoms with van der Waals surface area (Å²) in [5.41, 5.74) is 8.24. The van der Waals surface area contributed by atoms with E-state index in [1.54, 1.807) is 6.07 Å². The molecule has 1 saturated carbocycles. The number of fused-ring (bicyclic) bond motifs is 1. The fourth-order valence-corrected chi connectivity index (χ4v) is 4.42. The van der Waals surface area contributed by atoms with Crippen LogP contribution in [0.1, 0.15) is 41.6 Å². The molecule has 31 heavy (non-hydrogen) atoms. The van der Waals surface area contributed by atoms with Crippen molar-refractivity contribution in [1.29, 1.82) is 0 Å². The number of nitrogens with one attached hydrogen (secondary N) is 1. The molecule has 0 unspecified atom stereocenters. The van der Waals surface area contributed by atoms with Gasteiger partial charge >= 0.3 is 0 Å². The van der Waals surface area contributed by atoms with E-state index in [0.29, 0.717) is 18.2 Å². The molecular weight excluding hydrogens is 383 g/mol. The van der Waals surface area contributed by atoms with Gasteiger partial charge in [-0.1, -0.05) is 61.2 Å². The zero-order valence-corrected chi connectivity index (χ0v) is 17.9. The molecule has 2 nitrogen and oxygen atoms in total. The molecule has 2 aliphatic rings. The van der Waals surface area contributed by atoms with Gasteiger partial charge in [0.05, 0.1) is 17.9 Å². The first-order valence-corrected chi connectivity index (χ1v) is 10.9. The second-order valence-electron chi connectivity index (χ2n) is 8.64. The summed E-state index contributed by atoms with van der Waals surface area (Å²) in [5.74, 6) is -0.186. The normalized spacial score (nSPS) is 15.9. The van der Waals surface area contributed by atoms with Gasteiger partial charge in [-0.3, -0.25) is 0 Å². The minimum absolute atomic E-state index is 0.186. The Kier molecular flexibility index (Phi) is 4.90. The minimum atomic E-state index is -0.186. The fourth-order valence-electron chi connectivity index (χ4n) is 4.42. The highest BCUT2D eigenvalue weighted by molar-refractivity contribution is 6.03. The van der Waals surface area contributed by atoms with E-state index in [4.69, 9.17) is 0 Å². The van der Waals surface area contributed by atoms with Crippen LogP contribution in [0.3, 0.4) is 0 Å². The molecule has 2 aliphatic carbocycles. The summed E-state index contributed by atoms with van der Waals surface area (Å²) in [6.45, 7) is 11.3. The Bertz CT molecular complexity index is 1270. The molecule has 1 fully saturated rings. The molecule has 0 atom stereocenters. The van der Waals surface area contributed by atoms with Gasteiger partial charge in [-0.05, 0) is 55.5 Å². The van der Waals surface area contributed by atoms with Crippen molar-refractivity contribution < 1.29 is 4.39 Å². The first kappa shape index (κ1) is 19.6. The summed E-state index contributed by atoms with van der Waals surface area (Å²) in [4.78, 5) is 0. The van der Waals surface area contributed by atoms with Crippen molar-refractivity contribution in [3.8, 4) is 0 Å². The summed E-state index contributed by atoms with van der Waals surface area (Å²) in [5, 5.41) is 4.76. The maximum atomic E-state index is 14.6. The van der Waals surface area contributed by atoms with Gasteiger partial charge in [-0.15, -0.1) is 0 Å². The molecule has 1 heterocycles. The van der Waals surface area contributed by atoms with Crippen LogP contribution < -0.4 is 5.32 Å². The largest absolute Gasteiger partial charge is 0.381 e. The highest BCUT2D eigenvalue weighted by atomic mass is 19.1. The Balaban J connectivity index is 1.78. The van der Waals surface area contributed by atoms with Gasteiger partial charge < -0.3 is 9.88 Å². The van der Waals surface area contributed by atoms with Crippen molar-refractivity contribution in [2.75, 3.05) is 0 Å². The lowest BCUT2D eigenvalue weighted by molar-refractivity contribution is 0.601. The number of nitrogens with zero attached hydrogens (tertiary/aromatic N) is 1. The van der Waals surface area contributed by atoms with Crippen LogP contribution >= 0.6 is 0 Å². The van der Waals surface area contributed by atoms with Gasteiger partial charge in [-0.2, -0.15) is 0 Å². The van der Waals surface area contributed by atoms with E-state index < -0.39 is 0 Å². The summed E-state index contributed by atoms with van der Waals surface area (Å²) in [6.07, 6.45) is 9.54. The SMILES string of the molecule is C=C1CC=CC=C1c1c(C(=C)NC2CC2)n(Cc2ccccc2F)c2ccc(C)cc12. The number of aromatic nitrogens is 1. The van der Waals surface area contributed by atoms with Crippen LogP contribution in [0.25, 0.3) is 22.2 Å². The molecule has 5 rings (SSSR count). The average molecular weight is 411 g/mol.